The molecular formula is C17H15NO4. The van der Waals surface area contributed by atoms with Crippen LogP contribution in [0, 0.1) is 0 Å². The summed E-state index contributed by atoms with van der Waals surface area (Å²) in [6.45, 7) is -0.583. The number of carbonyl (C=O) groups is 2. The van der Waals surface area contributed by atoms with Gasteiger partial charge >= 0.3 is 5.97 Å². The van der Waals surface area contributed by atoms with Gasteiger partial charge < -0.3 is 15.2 Å². The molecule has 22 heavy (non-hydrogen) atoms. The van der Waals surface area contributed by atoms with E-state index in [0.717, 1.165) is 22.3 Å². The number of hydrogen-bond acceptors (Lipinski definition) is 3. The lowest BCUT2D eigenvalue weighted by Crippen LogP contribution is -2.32. The van der Waals surface area contributed by atoms with E-state index in [4.69, 9.17) is 9.84 Å². The Kier molecular flexibility index (Phi) is 3.89. The van der Waals surface area contributed by atoms with E-state index in [2.05, 4.69) is 5.32 Å². The number of aliphatic carboxylic acids is 1. The smallest absolute Gasteiger partial charge is 0.322 e. The largest absolute Gasteiger partial charge is 0.480 e. The van der Waals surface area contributed by atoms with Crippen molar-refractivity contribution in [3.05, 3.63) is 59.7 Å². The van der Waals surface area contributed by atoms with Crippen LogP contribution in [0.4, 0.5) is 0 Å². The Morgan fingerprint density at radius 3 is 2.09 bits per heavy atom. The molecule has 0 bridgehead atoms. The topological polar surface area (TPSA) is 75.6 Å². The summed E-state index contributed by atoms with van der Waals surface area (Å²) >= 11 is 0. The monoisotopic (exact) mass is 297 g/mol. The fourth-order valence-corrected chi connectivity index (χ4v) is 2.67. The van der Waals surface area contributed by atoms with E-state index < -0.39 is 18.4 Å². The van der Waals surface area contributed by atoms with E-state index in [1.165, 1.54) is 0 Å². The summed E-state index contributed by atoms with van der Waals surface area (Å²) in [7, 11) is 0. The molecule has 0 aromatic heterocycles. The minimum atomic E-state index is -1.08. The van der Waals surface area contributed by atoms with Gasteiger partial charge in [-0.3, -0.25) is 9.59 Å². The number of ether oxygens (including phenoxy) is 1. The fraction of sp³-hybridized carbons (Fsp3) is 0.176. The van der Waals surface area contributed by atoms with Crippen LogP contribution in [0.5, 0.6) is 0 Å². The molecule has 1 aliphatic carbocycles. The number of hydrogen-bond donors (Lipinski definition) is 2. The summed E-state index contributed by atoms with van der Waals surface area (Å²) < 4.78 is 5.75. The molecule has 2 aromatic carbocycles. The Labute approximate surface area is 127 Å². The predicted octanol–water partition coefficient (Wildman–Crippen LogP) is 1.97. The second-order valence-electron chi connectivity index (χ2n) is 5.04. The van der Waals surface area contributed by atoms with Crippen LogP contribution < -0.4 is 5.32 Å². The van der Waals surface area contributed by atoms with Crippen LogP contribution in [0.25, 0.3) is 11.1 Å². The van der Waals surface area contributed by atoms with Crippen LogP contribution in [0.2, 0.25) is 0 Å². The van der Waals surface area contributed by atoms with Gasteiger partial charge in [-0.25, -0.2) is 0 Å². The molecule has 0 spiro atoms. The number of benzene rings is 2. The number of rotatable bonds is 5. The molecule has 1 aliphatic rings. The predicted molar refractivity (Wildman–Crippen MR) is 80.3 cm³/mol. The van der Waals surface area contributed by atoms with Gasteiger partial charge in [0, 0.05) is 0 Å². The highest BCUT2D eigenvalue weighted by atomic mass is 16.5. The SMILES string of the molecule is O=C(O)CNC(=O)COC1c2ccccc2-c2ccccc21. The molecule has 2 aromatic rings. The first-order valence-corrected chi connectivity index (χ1v) is 6.95. The lowest BCUT2D eigenvalue weighted by Gasteiger charge is -2.14. The third-order valence-corrected chi connectivity index (χ3v) is 3.59. The van der Waals surface area contributed by atoms with Crippen LogP contribution in [-0.4, -0.2) is 30.1 Å². The Hall–Kier alpha value is -2.66. The normalized spacial score (nSPS) is 12.5. The maximum Gasteiger partial charge on any atom is 0.322 e. The van der Waals surface area contributed by atoms with E-state index in [1.54, 1.807) is 0 Å². The van der Waals surface area contributed by atoms with Gasteiger partial charge in [0.15, 0.2) is 0 Å². The standard InChI is InChI=1S/C17H15NO4/c19-15(18-9-16(20)21)10-22-17-13-7-3-1-5-11(13)12-6-2-4-8-14(12)17/h1-8,17H,9-10H2,(H,18,19)(H,20,21). The highest BCUT2D eigenvalue weighted by Crippen LogP contribution is 2.44. The molecule has 0 heterocycles. The number of amides is 1. The number of carboxylic acids is 1. The zero-order chi connectivity index (χ0) is 15.5. The molecule has 0 aliphatic heterocycles. The summed E-state index contributed by atoms with van der Waals surface area (Å²) in [5.41, 5.74) is 4.26. The van der Waals surface area contributed by atoms with Gasteiger partial charge in [0.2, 0.25) is 5.91 Å². The van der Waals surface area contributed by atoms with Crippen molar-refractivity contribution in [2.45, 2.75) is 6.10 Å². The van der Waals surface area contributed by atoms with Crippen molar-refractivity contribution >= 4 is 11.9 Å². The Balaban J connectivity index is 1.77. The maximum atomic E-state index is 11.6. The van der Waals surface area contributed by atoms with E-state index in [1.807, 2.05) is 48.5 Å². The Morgan fingerprint density at radius 2 is 1.55 bits per heavy atom. The van der Waals surface area contributed by atoms with Crippen LogP contribution in [0.3, 0.4) is 0 Å². The van der Waals surface area contributed by atoms with E-state index in [0.29, 0.717) is 0 Å². The van der Waals surface area contributed by atoms with Crippen LogP contribution in [0.15, 0.2) is 48.5 Å². The number of fused-ring (bicyclic) bond motifs is 3. The van der Waals surface area contributed by atoms with Gasteiger partial charge in [-0.15, -0.1) is 0 Å². The highest BCUT2D eigenvalue weighted by molar-refractivity contribution is 5.82. The number of carboxylic acid groups (broad SMARTS) is 1. The summed E-state index contributed by atoms with van der Waals surface area (Å²) in [5, 5.41) is 10.8. The van der Waals surface area contributed by atoms with Crippen molar-refractivity contribution in [1.82, 2.24) is 5.32 Å². The van der Waals surface area contributed by atoms with Crippen LogP contribution in [0.1, 0.15) is 17.2 Å². The van der Waals surface area contributed by atoms with Crippen LogP contribution in [-0.2, 0) is 14.3 Å². The molecule has 0 saturated carbocycles. The van der Waals surface area contributed by atoms with Gasteiger partial charge in [0.25, 0.3) is 0 Å². The molecule has 0 radical (unpaired) electrons. The Bertz CT molecular complexity index is 681. The molecule has 5 heteroatoms. The van der Waals surface area contributed by atoms with E-state index >= 15 is 0 Å². The zero-order valence-electron chi connectivity index (χ0n) is 11.8. The molecule has 0 saturated heterocycles. The summed E-state index contributed by atoms with van der Waals surface area (Å²) in [5.74, 6) is -1.52. The minimum Gasteiger partial charge on any atom is -0.480 e. The van der Waals surface area contributed by atoms with Crippen molar-refractivity contribution in [2.75, 3.05) is 13.2 Å². The molecule has 3 rings (SSSR count). The molecule has 0 unspecified atom stereocenters. The lowest BCUT2D eigenvalue weighted by molar-refractivity contribution is -0.138. The molecule has 5 nitrogen and oxygen atoms in total. The molecular weight excluding hydrogens is 282 g/mol. The quantitative estimate of drug-likeness (QED) is 0.884. The molecule has 0 atom stereocenters. The minimum absolute atomic E-state index is 0.180. The van der Waals surface area contributed by atoms with E-state index in [-0.39, 0.29) is 12.7 Å². The van der Waals surface area contributed by atoms with Crippen molar-refractivity contribution < 1.29 is 19.4 Å². The van der Waals surface area contributed by atoms with Gasteiger partial charge in [-0.2, -0.15) is 0 Å². The van der Waals surface area contributed by atoms with Gasteiger partial charge in [-0.1, -0.05) is 48.5 Å². The number of carbonyl (C=O) groups excluding carboxylic acids is 1. The van der Waals surface area contributed by atoms with Crippen molar-refractivity contribution in [1.29, 1.82) is 0 Å². The third kappa shape index (κ3) is 2.71. The first kappa shape index (κ1) is 14.3. The average molecular weight is 297 g/mol. The number of nitrogens with one attached hydrogen (secondary N) is 1. The van der Waals surface area contributed by atoms with Gasteiger partial charge in [0.1, 0.15) is 19.3 Å². The summed E-state index contributed by atoms with van der Waals surface area (Å²) in [6.07, 6.45) is -0.303. The zero-order valence-corrected chi connectivity index (χ0v) is 11.8. The second-order valence-corrected chi connectivity index (χ2v) is 5.04. The first-order chi connectivity index (χ1) is 10.7. The molecule has 0 fully saturated rings. The molecule has 2 N–H and O–H groups in total. The fourth-order valence-electron chi connectivity index (χ4n) is 2.67. The van der Waals surface area contributed by atoms with Crippen LogP contribution >= 0.6 is 0 Å². The summed E-state index contributed by atoms with van der Waals surface area (Å²) in [4.78, 5) is 22.1. The van der Waals surface area contributed by atoms with Crippen molar-refractivity contribution in [3.63, 3.8) is 0 Å². The summed E-state index contributed by atoms with van der Waals surface area (Å²) in [6, 6.07) is 15.8. The molecule has 112 valence electrons. The van der Waals surface area contributed by atoms with Gasteiger partial charge in [0.05, 0.1) is 0 Å². The average Bonchev–Trinajstić information content (AvgIpc) is 2.85. The van der Waals surface area contributed by atoms with Gasteiger partial charge in [-0.05, 0) is 22.3 Å². The third-order valence-electron chi connectivity index (χ3n) is 3.59. The second kappa shape index (κ2) is 5.99. The van der Waals surface area contributed by atoms with Crippen molar-refractivity contribution in [3.8, 4) is 11.1 Å². The molecule has 1 amide bonds. The van der Waals surface area contributed by atoms with E-state index in [9.17, 15) is 9.59 Å². The van der Waals surface area contributed by atoms with Crippen molar-refractivity contribution in [2.24, 2.45) is 0 Å². The highest BCUT2D eigenvalue weighted by Gasteiger charge is 2.29. The first-order valence-electron chi connectivity index (χ1n) is 6.95. The Morgan fingerprint density at radius 1 is 1.00 bits per heavy atom. The maximum absolute atomic E-state index is 11.6. The lowest BCUT2D eigenvalue weighted by atomic mass is 10.1.